The molecule has 2 amide bonds. The average molecular weight is 492 g/mol. The fourth-order valence-electron chi connectivity index (χ4n) is 2.95. The number of halogens is 1. The van der Waals surface area contributed by atoms with E-state index in [1.54, 1.807) is 55.5 Å². The van der Waals surface area contributed by atoms with Gasteiger partial charge < -0.3 is 10.6 Å². The maximum Gasteiger partial charge on any atom is 0.261 e. The lowest BCUT2D eigenvalue weighted by atomic mass is 10.2. The van der Waals surface area contributed by atoms with Crippen LogP contribution in [0.3, 0.4) is 0 Å². The Bertz CT molecular complexity index is 1270. The van der Waals surface area contributed by atoms with Crippen LogP contribution >= 0.6 is 22.9 Å². The number of sulfonamides is 1. The van der Waals surface area contributed by atoms with E-state index in [4.69, 9.17) is 11.6 Å². The standard InChI is InChI=1S/C22H22ClN3O4S2/c1-14-12-19(25-21(27)16-9-5-6-10-17(16)23)31-20(14)22(28)24-13-15-8-4-7-11-18(15)32(29,30)26(2)3/h4-12H,13H2,1-3H3,(H,24,28)(H,25,27). The van der Waals surface area contributed by atoms with Crippen LogP contribution in [-0.4, -0.2) is 38.6 Å². The minimum atomic E-state index is -3.64. The van der Waals surface area contributed by atoms with Crippen molar-refractivity contribution < 1.29 is 18.0 Å². The van der Waals surface area contributed by atoms with Gasteiger partial charge in [-0.05, 0) is 42.3 Å². The van der Waals surface area contributed by atoms with E-state index >= 15 is 0 Å². The molecule has 1 heterocycles. The van der Waals surface area contributed by atoms with Gasteiger partial charge in [0, 0.05) is 20.6 Å². The largest absolute Gasteiger partial charge is 0.347 e. The number of hydrogen-bond donors (Lipinski definition) is 2. The van der Waals surface area contributed by atoms with Crippen molar-refractivity contribution in [1.82, 2.24) is 9.62 Å². The molecule has 168 valence electrons. The third kappa shape index (κ3) is 5.18. The highest BCUT2D eigenvalue weighted by molar-refractivity contribution is 7.89. The molecule has 3 rings (SSSR count). The molecule has 0 saturated carbocycles. The quantitative estimate of drug-likeness (QED) is 0.519. The molecule has 0 aliphatic carbocycles. The van der Waals surface area contributed by atoms with Gasteiger partial charge in [-0.1, -0.05) is 41.9 Å². The Labute approximate surface area is 196 Å². The van der Waals surface area contributed by atoms with Crippen molar-refractivity contribution in [2.45, 2.75) is 18.4 Å². The van der Waals surface area contributed by atoms with Crippen LogP contribution < -0.4 is 10.6 Å². The van der Waals surface area contributed by atoms with Gasteiger partial charge in [0.15, 0.2) is 0 Å². The molecule has 32 heavy (non-hydrogen) atoms. The molecule has 0 aliphatic heterocycles. The zero-order valence-electron chi connectivity index (χ0n) is 17.7. The Kier molecular flexibility index (Phi) is 7.35. The summed E-state index contributed by atoms with van der Waals surface area (Å²) < 4.78 is 26.2. The average Bonchev–Trinajstić information content (AvgIpc) is 3.12. The fourth-order valence-corrected chi connectivity index (χ4v) is 5.27. The van der Waals surface area contributed by atoms with Crippen molar-refractivity contribution in [3.05, 3.63) is 81.2 Å². The number of carbonyl (C=O) groups excluding carboxylic acids is 2. The summed E-state index contributed by atoms with van der Waals surface area (Å²) in [5, 5.41) is 6.37. The molecule has 2 N–H and O–H groups in total. The molecule has 0 spiro atoms. The van der Waals surface area contributed by atoms with Crippen LogP contribution in [-0.2, 0) is 16.6 Å². The zero-order chi connectivity index (χ0) is 23.5. The second-order valence-electron chi connectivity index (χ2n) is 7.13. The number of hydrogen-bond acceptors (Lipinski definition) is 5. The van der Waals surface area contributed by atoms with Crippen molar-refractivity contribution in [2.75, 3.05) is 19.4 Å². The van der Waals surface area contributed by atoms with E-state index in [0.29, 0.717) is 31.6 Å². The topological polar surface area (TPSA) is 95.6 Å². The molecule has 3 aromatic rings. The fraction of sp³-hybridized carbons (Fsp3) is 0.182. The highest BCUT2D eigenvalue weighted by Crippen LogP contribution is 2.28. The number of carbonyl (C=O) groups is 2. The van der Waals surface area contributed by atoms with Gasteiger partial charge >= 0.3 is 0 Å². The number of nitrogens with one attached hydrogen (secondary N) is 2. The number of nitrogens with zero attached hydrogens (tertiary/aromatic N) is 1. The van der Waals surface area contributed by atoms with Gasteiger partial charge in [0.25, 0.3) is 11.8 Å². The monoisotopic (exact) mass is 491 g/mol. The Morgan fingerprint density at radius 1 is 1.03 bits per heavy atom. The number of thiophene rings is 1. The first kappa shape index (κ1) is 23.9. The number of aryl methyl sites for hydroxylation is 1. The third-order valence-corrected chi connectivity index (χ3v) is 8.05. The summed E-state index contributed by atoms with van der Waals surface area (Å²) >= 11 is 7.20. The third-order valence-electron chi connectivity index (χ3n) is 4.65. The summed E-state index contributed by atoms with van der Waals surface area (Å²) in [6, 6.07) is 14.9. The number of amides is 2. The van der Waals surface area contributed by atoms with Crippen molar-refractivity contribution in [1.29, 1.82) is 0 Å². The van der Waals surface area contributed by atoms with Gasteiger partial charge in [0.05, 0.1) is 25.4 Å². The van der Waals surface area contributed by atoms with Gasteiger partial charge in [-0.3, -0.25) is 9.59 Å². The van der Waals surface area contributed by atoms with Gasteiger partial charge in [0.1, 0.15) is 0 Å². The van der Waals surface area contributed by atoms with Crippen LogP contribution in [0.25, 0.3) is 0 Å². The molecule has 0 aliphatic rings. The highest BCUT2D eigenvalue weighted by atomic mass is 35.5. The van der Waals surface area contributed by atoms with Crippen molar-refractivity contribution >= 4 is 49.8 Å². The first-order valence-electron chi connectivity index (χ1n) is 9.56. The molecule has 2 aromatic carbocycles. The minimum Gasteiger partial charge on any atom is -0.347 e. The lowest BCUT2D eigenvalue weighted by molar-refractivity contribution is 0.0953. The van der Waals surface area contributed by atoms with Crippen LogP contribution in [0.1, 0.15) is 31.2 Å². The number of anilines is 1. The van der Waals surface area contributed by atoms with Crippen molar-refractivity contribution in [2.24, 2.45) is 0 Å². The predicted molar refractivity (Wildman–Crippen MR) is 127 cm³/mol. The van der Waals surface area contributed by atoms with Crippen LogP contribution in [0, 0.1) is 6.92 Å². The molecular formula is C22H22ClN3O4S2. The molecule has 0 atom stereocenters. The lowest BCUT2D eigenvalue weighted by Crippen LogP contribution is -2.27. The van der Waals surface area contributed by atoms with Crippen molar-refractivity contribution in [3.63, 3.8) is 0 Å². The first-order valence-corrected chi connectivity index (χ1v) is 12.2. The van der Waals surface area contributed by atoms with Crippen LogP contribution in [0.5, 0.6) is 0 Å². The summed E-state index contributed by atoms with van der Waals surface area (Å²) in [4.78, 5) is 25.8. The van der Waals surface area contributed by atoms with Gasteiger partial charge in [-0.15, -0.1) is 11.3 Å². The molecule has 0 saturated heterocycles. The molecular weight excluding hydrogens is 470 g/mol. The predicted octanol–water partition coefficient (Wildman–Crippen LogP) is 4.14. The van der Waals surface area contributed by atoms with Crippen LogP contribution in [0.4, 0.5) is 5.00 Å². The number of benzene rings is 2. The summed E-state index contributed by atoms with van der Waals surface area (Å²) in [7, 11) is -0.728. The number of rotatable bonds is 7. The van der Waals surface area contributed by atoms with E-state index in [-0.39, 0.29) is 23.3 Å². The summed E-state index contributed by atoms with van der Waals surface area (Å²) in [6.45, 7) is 1.81. The van der Waals surface area contributed by atoms with Gasteiger partial charge in [-0.2, -0.15) is 0 Å². The Morgan fingerprint density at radius 3 is 2.38 bits per heavy atom. The summed E-state index contributed by atoms with van der Waals surface area (Å²) in [6.07, 6.45) is 0. The second-order valence-corrected chi connectivity index (χ2v) is 10.7. The zero-order valence-corrected chi connectivity index (χ0v) is 20.1. The van der Waals surface area contributed by atoms with E-state index in [1.165, 1.54) is 20.2 Å². The molecule has 0 radical (unpaired) electrons. The molecule has 0 bridgehead atoms. The van der Waals surface area contributed by atoms with Crippen LogP contribution in [0.15, 0.2) is 59.5 Å². The molecule has 0 fully saturated rings. The molecule has 1 aromatic heterocycles. The highest BCUT2D eigenvalue weighted by Gasteiger charge is 2.22. The Hall–Kier alpha value is -2.72. The van der Waals surface area contributed by atoms with Crippen LogP contribution in [0.2, 0.25) is 5.02 Å². The van der Waals surface area contributed by atoms with Gasteiger partial charge in [0.2, 0.25) is 10.0 Å². The molecule has 10 heteroatoms. The lowest BCUT2D eigenvalue weighted by Gasteiger charge is -2.15. The SMILES string of the molecule is Cc1cc(NC(=O)c2ccccc2Cl)sc1C(=O)NCc1ccccc1S(=O)(=O)N(C)C. The first-order chi connectivity index (χ1) is 15.1. The van der Waals surface area contributed by atoms with E-state index in [2.05, 4.69) is 10.6 Å². The smallest absolute Gasteiger partial charge is 0.261 e. The second kappa shape index (κ2) is 9.83. The maximum atomic E-state index is 12.8. The summed E-state index contributed by atoms with van der Waals surface area (Å²) in [5.74, 6) is -0.727. The van der Waals surface area contributed by atoms with Crippen molar-refractivity contribution in [3.8, 4) is 0 Å². The maximum absolute atomic E-state index is 12.8. The Morgan fingerprint density at radius 2 is 1.69 bits per heavy atom. The summed E-state index contributed by atoms with van der Waals surface area (Å²) in [5.41, 5.74) is 1.51. The minimum absolute atomic E-state index is 0.0424. The van der Waals surface area contributed by atoms with Gasteiger partial charge in [-0.25, -0.2) is 12.7 Å². The molecule has 7 nitrogen and oxygen atoms in total. The van der Waals surface area contributed by atoms with E-state index in [9.17, 15) is 18.0 Å². The van der Waals surface area contributed by atoms with E-state index in [0.717, 1.165) is 15.6 Å². The van der Waals surface area contributed by atoms with E-state index in [1.807, 2.05) is 0 Å². The van der Waals surface area contributed by atoms with E-state index < -0.39 is 10.0 Å². The normalized spacial score (nSPS) is 11.4. The Balaban J connectivity index is 1.74. The molecule has 0 unspecified atom stereocenters.